The van der Waals surface area contributed by atoms with Crippen LogP contribution in [0.15, 0.2) is 30.7 Å². The van der Waals surface area contributed by atoms with Crippen LogP contribution >= 0.6 is 0 Å². The number of hydrogen-bond acceptors (Lipinski definition) is 7. The van der Waals surface area contributed by atoms with E-state index < -0.39 is 11.9 Å². The highest BCUT2D eigenvalue weighted by atomic mass is 16.5. The van der Waals surface area contributed by atoms with Gasteiger partial charge in [0, 0.05) is 12.7 Å². The molecule has 6 N–H and O–H groups in total. The summed E-state index contributed by atoms with van der Waals surface area (Å²) < 4.78 is 5.29. The van der Waals surface area contributed by atoms with Crippen molar-refractivity contribution in [2.75, 3.05) is 18.5 Å². The number of carbonyl (C=O) groups excluding carboxylic acids is 2. The van der Waals surface area contributed by atoms with E-state index in [0.717, 1.165) is 36.2 Å². The van der Waals surface area contributed by atoms with Crippen molar-refractivity contribution in [1.82, 2.24) is 20.3 Å². The van der Waals surface area contributed by atoms with Crippen LogP contribution in [0.2, 0.25) is 0 Å². The van der Waals surface area contributed by atoms with E-state index in [4.69, 9.17) is 15.6 Å². The third-order valence-corrected chi connectivity index (χ3v) is 8.64. The molecule has 0 saturated heterocycles. The Balaban J connectivity index is 0.000000190. The van der Waals surface area contributed by atoms with Gasteiger partial charge in [0.25, 0.3) is 11.8 Å². The summed E-state index contributed by atoms with van der Waals surface area (Å²) in [6.07, 6.45) is 11.4. The SMILES string of the molecule is NCC12CC3CC(CC(C3)C1)C2.O=C1COc2ccc(CNC(=O)c3ncnc4c(C(=O)O)c[nH]c34)cc2N1. The number of carboxylic acids is 1. The predicted molar refractivity (Wildman–Crippen MR) is 142 cm³/mol. The summed E-state index contributed by atoms with van der Waals surface area (Å²) in [6, 6.07) is 5.19. The highest BCUT2D eigenvalue weighted by Crippen LogP contribution is 2.59. The smallest absolute Gasteiger partial charge is 0.339 e. The van der Waals surface area contributed by atoms with E-state index in [0.29, 0.717) is 16.9 Å². The zero-order chi connectivity index (χ0) is 27.1. The highest BCUT2D eigenvalue weighted by Gasteiger charge is 2.49. The monoisotopic (exact) mass is 532 g/mol. The van der Waals surface area contributed by atoms with Crippen LogP contribution < -0.4 is 21.1 Å². The first-order chi connectivity index (χ1) is 18.8. The standard InChI is InChI=1S/C17H13N5O5.C11H19N/c23-12-6-27-11-2-1-8(3-10(11)22-12)4-19-16(24)15-14-13(20-7-21-15)9(5-18-14)17(25)26;12-7-11-4-8-1-9(5-11)3-10(2-8)6-11/h1-3,5,7,18H,4,6H2,(H,19,24)(H,22,23)(H,25,26);8-10H,1-7,12H2. The predicted octanol–water partition coefficient (Wildman–Crippen LogP) is 3.08. The Kier molecular flexibility index (Phi) is 6.46. The molecular weight excluding hydrogens is 500 g/mol. The number of hydrogen-bond donors (Lipinski definition) is 5. The Morgan fingerprint density at radius 1 is 1.13 bits per heavy atom. The van der Waals surface area contributed by atoms with E-state index in [1.807, 2.05) is 0 Å². The van der Waals surface area contributed by atoms with E-state index in [1.54, 1.807) is 18.2 Å². The maximum absolute atomic E-state index is 12.5. The van der Waals surface area contributed by atoms with Gasteiger partial charge in [-0.2, -0.15) is 0 Å². The van der Waals surface area contributed by atoms with Gasteiger partial charge in [0.1, 0.15) is 23.2 Å². The Morgan fingerprint density at radius 2 is 1.85 bits per heavy atom. The van der Waals surface area contributed by atoms with Crippen molar-refractivity contribution >= 4 is 34.5 Å². The van der Waals surface area contributed by atoms with Crippen molar-refractivity contribution in [3.8, 4) is 5.75 Å². The summed E-state index contributed by atoms with van der Waals surface area (Å²) in [7, 11) is 0. The number of nitrogens with two attached hydrogens (primary N) is 1. The van der Waals surface area contributed by atoms with Gasteiger partial charge < -0.3 is 31.2 Å². The minimum absolute atomic E-state index is 0.0265. The zero-order valence-electron chi connectivity index (χ0n) is 21.5. The number of anilines is 1. The maximum Gasteiger partial charge on any atom is 0.339 e. The van der Waals surface area contributed by atoms with Crippen LogP contribution in [0, 0.1) is 23.2 Å². The first-order valence-electron chi connectivity index (χ1n) is 13.4. The molecule has 2 amide bonds. The summed E-state index contributed by atoms with van der Waals surface area (Å²) >= 11 is 0. The average molecular weight is 533 g/mol. The summed E-state index contributed by atoms with van der Waals surface area (Å²) in [4.78, 5) is 45.7. The number of carbonyl (C=O) groups is 3. The zero-order valence-corrected chi connectivity index (χ0v) is 21.5. The van der Waals surface area contributed by atoms with Crippen molar-refractivity contribution in [1.29, 1.82) is 0 Å². The number of amides is 2. The van der Waals surface area contributed by atoms with Gasteiger partial charge in [0.05, 0.1) is 11.2 Å². The van der Waals surface area contributed by atoms with Crippen LogP contribution in [0.4, 0.5) is 5.69 Å². The molecule has 1 aliphatic heterocycles. The van der Waals surface area contributed by atoms with E-state index in [2.05, 4.69) is 25.6 Å². The Bertz CT molecular complexity index is 1410. The van der Waals surface area contributed by atoms with Crippen molar-refractivity contribution < 1.29 is 24.2 Å². The number of nitrogens with one attached hydrogen (secondary N) is 3. The fourth-order valence-corrected chi connectivity index (χ4v) is 7.32. The van der Waals surface area contributed by atoms with Crippen molar-refractivity contribution in [3.63, 3.8) is 0 Å². The molecule has 5 aliphatic rings. The molecule has 0 spiro atoms. The number of benzene rings is 1. The number of aromatic amines is 1. The van der Waals surface area contributed by atoms with Gasteiger partial charge >= 0.3 is 5.97 Å². The summed E-state index contributed by atoms with van der Waals surface area (Å²) in [5.41, 5.74) is 8.25. The molecule has 1 aromatic carbocycles. The molecule has 4 saturated carbocycles. The first-order valence-corrected chi connectivity index (χ1v) is 13.4. The second-order valence-corrected chi connectivity index (χ2v) is 11.4. The van der Waals surface area contributed by atoms with Gasteiger partial charge in [-0.3, -0.25) is 9.59 Å². The first kappa shape index (κ1) is 25.3. The topological polar surface area (TPSA) is 172 Å². The third kappa shape index (κ3) is 4.94. The lowest BCUT2D eigenvalue weighted by Crippen LogP contribution is -2.49. The second-order valence-electron chi connectivity index (χ2n) is 11.4. The number of H-pyrrole nitrogens is 1. The van der Waals surface area contributed by atoms with Crippen LogP contribution in [0.5, 0.6) is 5.75 Å². The van der Waals surface area contributed by atoms with Crippen LogP contribution in [-0.4, -0.2) is 51.0 Å². The molecule has 39 heavy (non-hydrogen) atoms. The molecule has 11 heteroatoms. The number of carboxylic acid groups (broad SMARTS) is 1. The summed E-state index contributed by atoms with van der Waals surface area (Å²) in [5, 5.41) is 14.6. The molecule has 11 nitrogen and oxygen atoms in total. The minimum atomic E-state index is -1.15. The van der Waals surface area contributed by atoms with Crippen LogP contribution in [0.25, 0.3) is 11.0 Å². The minimum Gasteiger partial charge on any atom is -0.482 e. The molecule has 4 bridgehead atoms. The summed E-state index contributed by atoms with van der Waals surface area (Å²) in [5.74, 6) is 1.89. The Hall–Kier alpha value is -3.99. The van der Waals surface area contributed by atoms with Crippen LogP contribution in [0.1, 0.15) is 64.9 Å². The number of fused-ring (bicyclic) bond motifs is 2. The lowest BCUT2D eigenvalue weighted by atomic mass is 9.50. The largest absolute Gasteiger partial charge is 0.482 e. The van der Waals surface area contributed by atoms with Gasteiger partial charge in [-0.05, 0) is 85.9 Å². The number of ether oxygens (including phenoxy) is 1. The van der Waals surface area contributed by atoms with Crippen molar-refractivity contribution in [2.24, 2.45) is 28.9 Å². The van der Waals surface area contributed by atoms with Gasteiger partial charge in [-0.25, -0.2) is 14.8 Å². The van der Waals surface area contributed by atoms with Crippen LogP contribution in [-0.2, 0) is 11.3 Å². The molecule has 4 fully saturated rings. The number of aromatic carboxylic acids is 1. The normalized spacial score (nSPS) is 26.2. The molecule has 2 aromatic heterocycles. The number of nitrogens with zero attached hydrogens (tertiary/aromatic N) is 2. The molecule has 3 aromatic rings. The second kappa shape index (κ2) is 9.96. The third-order valence-electron chi connectivity index (χ3n) is 8.64. The van der Waals surface area contributed by atoms with Gasteiger partial charge in [-0.1, -0.05) is 6.07 Å². The molecule has 0 atom stereocenters. The van der Waals surface area contributed by atoms with Crippen molar-refractivity contribution in [2.45, 2.75) is 45.1 Å². The molecule has 0 unspecified atom stereocenters. The molecule has 3 heterocycles. The maximum atomic E-state index is 12.5. The highest BCUT2D eigenvalue weighted by molar-refractivity contribution is 6.08. The van der Waals surface area contributed by atoms with E-state index in [9.17, 15) is 14.4 Å². The van der Waals surface area contributed by atoms with E-state index in [-0.39, 0.29) is 41.3 Å². The quantitative estimate of drug-likeness (QED) is 0.333. The van der Waals surface area contributed by atoms with Gasteiger partial charge in [0.15, 0.2) is 12.3 Å². The Morgan fingerprint density at radius 3 is 2.51 bits per heavy atom. The summed E-state index contributed by atoms with van der Waals surface area (Å²) in [6.45, 7) is 1.12. The number of aromatic nitrogens is 3. The lowest BCUT2D eigenvalue weighted by Gasteiger charge is -2.56. The van der Waals surface area contributed by atoms with E-state index >= 15 is 0 Å². The average Bonchev–Trinajstić information content (AvgIpc) is 3.36. The fraction of sp³-hybridized carbons (Fsp3) is 0.464. The molecule has 0 radical (unpaired) electrons. The molecule has 4 aliphatic carbocycles. The van der Waals surface area contributed by atoms with Crippen LogP contribution in [0.3, 0.4) is 0 Å². The van der Waals surface area contributed by atoms with Gasteiger partial charge in [0.2, 0.25) is 0 Å². The number of rotatable bonds is 5. The molecule has 204 valence electrons. The van der Waals surface area contributed by atoms with E-state index in [1.165, 1.54) is 44.7 Å². The lowest BCUT2D eigenvalue weighted by molar-refractivity contribution is -0.118. The Labute approximate surface area is 224 Å². The fourth-order valence-electron chi connectivity index (χ4n) is 7.32. The van der Waals surface area contributed by atoms with Gasteiger partial charge in [-0.15, -0.1) is 0 Å². The van der Waals surface area contributed by atoms with Crippen molar-refractivity contribution in [3.05, 3.63) is 47.5 Å². The molecular formula is C28H32N6O5. The molecule has 8 rings (SSSR count).